The van der Waals surface area contributed by atoms with Crippen molar-refractivity contribution in [1.29, 1.82) is 5.26 Å². The Labute approximate surface area is 279 Å². The molecule has 3 aromatic carbocycles. The van der Waals surface area contributed by atoms with Gasteiger partial charge in [-0.2, -0.15) is 10.4 Å². The fourth-order valence-corrected chi connectivity index (χ4v) is 5.32. The molecule has 0 aliphatic carbocycles. The number of carbonyl (C=O) groups is 2. The van der Waals surface area contributed by atoms with Crippen LogP contribution in [0, 0.1) is 14.9 Å². The highest BCUT2D eigenvalue weighted by atomic mass is 127. The molecular formula is C32H30IN5O6S. The fourth-order valence-electron chi connectivity index (χ4n) is 4.43. The highest BCUT2D eigenvalue weighted by molar-refractivity contribution is 14.1. The van der Waals surface area contributed by atoms with Gasteiger partial charge in [0.2, 0.25) is 0 Å². The summed E-state index contributed by atoms with van der Waals surface area (Å²) in [7, 11) is 1.54. The van der Waals surface area contributed by atoms with Crippen LogP contribution in [0.5, 0.6) is 17.2 Å². The van der Waals surface area contributed by atoms with Crippen molar-refractivity contribution in [2.24, 2.45) is 5.10 Å². The molecule has 0 bridgehead atoms. The summed E-state index contributed by atoms with van der Waals surface area (Å²) in [5.41, 5.74) is 6.02. The summed E-state index contributed by atoms with van der Waals surface area (Å²) in [4.78, 5) is 25.5. The van der Waals surface area contributed by atoms with Gasteiger partial charge in [-0.05, 0) is 84.6 Å². The van der Waals surface area contributed by atoms with Gasteiger partial charge in [-0.15, -0.1) is 0 Å². The fraction of sp³-hybridized carbons (Fsp3) is 0.219. The molecule has 0 unspecified atom stereocenters. The zero-order chi connectivity index (χ0) is 32.3. The number of carbonyl (C=O) groups excluding carboxylic acids is 2. The molecule has 11 nitrogen and oxygen atoms in total. The van der Waals surface area contributed by atoms with E-state index in [2.05, 4.69) is 49.8 Å². The van der Waals surface area contributed by atoms with E-state index in [0.29, 0.717) is 50.3 Å². The number of methoxy groups -OCH3 is 1. The number of rotatable bonds is 12. The van der Waals surface area contributed by atoms with Gasteiger partial charge in [0, 0.05) is 20.4 Å². The van der Waals surface area contributed by atoms with Crippen molar-refractivity contribution in [2.75, 3.05) is 20.3 Å². The Bertz CT molecular complexity index is 1690. The second-order valence-electron chi connectivity index (χ2n) is 9.53. The van der Waals surface area contributed by atoms with Gasteiger partial charge >= 0.3 is 5.97 Å². The van der Waals surface area contributed by atoms with Crippen molar-refractivity contribution < 1.29 is 28.5 Å². The maximum absolute atomic E-state index is 12.8. The molecule has 0 saturated carbocycles. The Morgan fingerprint density at radius 3 is 2.60 bits per heavy atom. The third-order valence-corrected chi connectivity index (χ3v) is 7.32. The summed E-state index contributed by atoms with van der Waals surface area (Å²) < 4.78 is 23.6. The minimum Gasteiger partial charge on any atom is -0.493 e. The Morgan fingerprint density at radius 2 is 1.89 bits per heavy atom. The second-order valence-corrected chi connectivity index (χ2v) is 11.2. The average molecular weight is 740 g/mol. The number of nitrogens with one attached hydrogen (secondary N) is 3. The molecule has 13 heteroatoms. The predicted octanol–water partition coefficient (Wildman–Crippen LogP) is 4.64. The lowest BCUT2D eigenvalue weighted by Crippen LogP contribution is -2.45. The first-order valence-corrected chi connectivity index (χ1v) is 15.2. The number of amides is 1. The number of hydrazone groups is 1. The van der Waals surface area contributed by atoms with Crippen LogP contribution in [0.1, 0.15) is 42.1 Å². The number of nitrogens with zero attached hydrogens (tertiary/aromatic N) is 2. The lowest BCUT2D eigenvalue weighted by molar-refractivity contribution is -0.139. The number of allylic oxidation sites excluding steroid dienone is 1. The SMILES string of the molecule is CCOC(=O)C1=C(C)NC(=S)N[C@H]1c1ccccc1OCC(=O)NN=Cc1cc(I)cc(OC)c1OCc1ccc(C#N)cc1. The number of halogens is 1. The molecule has 0 fully saturated rings. The van der Waals surface area contributed by atoms with E-state index in [4.69, 9.17) is 36.4 Å². The average Bonchev–Trinajstić information content (AvgIpc) is 3.03. The largest absolute Gasteiger partial charge is 0.493 e. The zero-order valence-electron chi connectivity index (χ0n) is 24.7. The van der Waals surface area contributed by atoms with Crippen LogP contribution in [0.15, 0.2) is 77.0 Å². The van der Waals surface area contributed by atoms with Crippen LogP contribution < -0.4 is 30.3 Å². The Kier molecular flexibility index (Phi) is 11.7. The Hall–Kier alpha value is -4.68. The van der Waals surface area contributed by atoms with Crippen molar-refractivity contribution in [1.82, 2.24) is 16.1 Å². The highest BCUT2D eigenvalue weighted by Gasteiger charge is 2.32. The van der Waals surface area contributed by atoms with Crippen molar-refractivity contribution in [3.8, 4) is 23.3 Å². The third-order valence-electron chi connectivity index (χ3n) is 6.48. The van der Waals surface area contributed by atoms with Gasteiger partial charge in [0.1, 0.15) is 12.4 Å². The standard InChI is InChI=1S/C32H30IN5O6S/c1-4-42-31(40)28-19(2)36-32(45)37-29(28)24-7-5-6-8-25(24)43-18-27(39)38-35-16-22-13-23(33)14-26(41-3)30(22)44-17-21-11-9-20(15-34)10-12-21/h5-14,16,29H,4,17-18H2,1-3H3,(H,38,39)(H2,36,37,45)/t29-/m0/s1. The molecule has 3 N–H and O–H groups in total. The maximum atomic E-state index is 12.8. The summed E-state index contributed by atoms with van der Waals surface area (Å²) in [6.45, 7) is 3.57. The molecule has 1 heterocycles. The molecule has 0 spiro atoms. The Balaban J connectivity index is 1.45. The number of nitriles is 1. The first-order chi connectivity index (χ1) is 21.7. The molecule has 0 saturated heterocycles. The van der Waals surface area contributed by atoms with E-state index in [9.17, 15) is 9.59 Å². The van der Waals surface area contributed by atoms with Crippen molar-refractivity contribution >= 4 is 58.0 Å². The van der Waals surface area contributed by atoms with E-state index in [1.54, 1.807) is 50.2 Å². The summed E-state index contributed by atoms with van der Waals surface area (Å²) >= 11 is 7.48. The summed E-state index contributed by atoms with van der Waals surface area (Å²) in [5.74, 6) is 0.329. The van der Waals surface area contributed by atoms with Gasteiger partial charge in [0.05, 0.1) is 43.2 Å². The van der Waals surface area contributed by atoms with E-state index < -0.39 is 17.9 Å². The van der Waals surface area contributed by atoms with Crippen LogP contribution in [0.2, 0.25) is 0 Å². The Morgan fingerprint density at radius 1 is 1.13 bits per heavy atom. The molecule has 1 atom stereocenters. The number of esters is 1. The molecule has 3 aromatic rings. The van der Waals surface area contributed by atoms with E-state index in [0.717, 1.165) is 9.13 Å². The summed E-state index contributed by atoms with van der Waals surface area (Å²) in [6.07, 6.45) is 1.46. The molecule has 45 heavy (non-hydrogen) atoms. The number of thiocarbonyl (C=S) groups is 1. The summed E-state index contributed by atoms with van der Waals surface area (Å²) in [6, 6.07) is 19.2. The number of hydrogen-bond donors (Lipinski definition) is 3. The number of para-hydroxylation sites is 1. The van der Waals surface area contributed by atoms with Gasteiger partial charge in [0.25, 0.3) is 5.91 Å². The van der Waals surface area contributed by atoms with Crippen molar-refractivity contribution in [2.45, 2.75) is 26.5 Å². The normalized spacial score (nSPS) is 14.2. The van der Waals surface area contributed by atoms with Crippen LogP contribution in [-0.2, 0) is 20.9 Å². The third kappa shape index (κ3) is 8.70. The van der Waals surface area contributed by atoms with Gasteiger partial charge < -0.3 is 29.6 Å². The first-order valence-electron chi connectivity index (χ1n) is 13.7. The molecule has 4 rings (SSSR count). The van der Waals surface area contributed by atoms with Crippen LogP contribution in [0.25, 0.3) is 0 Å². The highest BCUT2D eigenvalue weighted by Crippen LogP contribution is 2.34. The van der Waals surface area contributed by atoms with E-state index in [1.807, 2.05) is 24.3 Å². The van der Waals surface area contributed by atoms with E-state index in [-0.39, 0.29) is 19.8 Å². The first kappa shape index (κ1) is 33.2. The van der Waals surface area contributed by atoms with Crippen LogP contribution >= 0.6 is 34.8 Å². The summed E-state index contributed by atoms with van der Waals surface area (Å²) in [5, 5.41) is 19.5. The lowest BCUT2D eigenvalue weighted by Gasteiger charge is -2.30. The van der Waals surface area contributed by atoms with E-state index in [1.165, 1.54) is 13.3 Å². The van der Waals surface area contributed by atoms with Gasteiger partial charge in [-0.25, -0.2) is 10.2 Å². The van der Waals surface area contributed by atoms with Crippen LogP contribution in [-0.4, -0.2) is 43.5 Å². The van der Waals surface area contributed by atoms with Gasteiger partial charge in [0.15, 0.2) is 23.2 Å². The van der Waals surface area contributed by atoms with Crippen LogP contribution in [0.4, 0.5) is 0 Å². The molecule has 0 aromatic heterocycles. The lowest BCUT2D eigenvalue weighted by atomic mass is 9.95. The van der Waals surface area contributed by atoms with Crippen molar-refractivity contribution in [3.63, 3.8) is 0 Å². The molecule has 1 aliphatic heterocycles. The zero-order valence-corrected chi connectivity index (χ0v) is 27.7. The van der Waals surface area contributed by atoms with Gasteiger partial charge in [-0.3, -0.25) is 4.79 Å². The molecule has 232 valence electrons. The molecule has 1 amide bonds. The minimum absolute atomic E-state index is 0.214. The maximum Gasteiger partial charge on any atom is 0.338 e. The predicted molar refractivity (Wildman–Crippen MR) is 180 cm³/mol. The number of benzene rings is 3. The van der Waals surface area contributed by atoms with E-state index >= 15 is 0 Å². The molecular weight excluding hydrogens is 709 g/mol. The van der Waals surface area contributed by atoms with Crippen molar-refractivity contribution in [3.05, 3.63) is 97.8 Å². The topological polar surface area (TPSA) is 143 Å². The quantitative estimate of drug-likeness (QED) is 0.0791. The second kappa shape index (κ2) is 15.9. The van der Waals surface area contributed by atoms with Crippen LogP contribution in [0.3, 0.4) is 0 Å². The smallest absolute Gasteiger partial charge is 0.338 e. The minimum atomic E-state index is -0.645. The molecule has 0 radical (unpaired) electrons. The number of ether oxygens (including phenoxy) is 4. The molecule has 1 aliphatic rings. The monoisotopic (exact) mass is 739 g/mol. The number of hydrogen-bond acceptors (Lipinski definition) is 9. The van der Waals surface area contributed by atoms with Gasteiger partial charge in [-0.1, -0.05) is 30.3 Å².